The minimum Gasteiger partial charge on any atom is -0.247 e. The fraction of sp³-hybridized carbons (Fsp3) is 0.921. The van der Waals surface area contributed by atoms with Crippen LogP contribution in [-0.4, -0.2) is 4.98 Å². The quantitative estimate of drug-likeness (QED) is 0.0689. The van der Waals surface area contributed by atoms with Crippen molar-refractivity contribution in [2.45, 2.75) is 226 Å². The van der Waals surface area contributed by atoms with Crippen LogP contribution in [-0.2, 0) is 0 Å². The average Bonchev–Trinajstić information content (AvgIpc) is 3.46. The van der Waals surface area contributed by atoms with E-state index >= 15 is 0 Å². The highest BCUT2D eigenvalue weighted by atomic mass is 15.1. The van der Waals surface area contributed by atoms with Crippen molar-refractivity contribution in [1.29, 1.82) is 0 Å². The van der Waals surface area contributed by atoms with Crippen molar-refractivity contribution in [2.24, 2.45) is 0 Å². The molecule has 2 atom stereocenters. The van der Waals surface area contributed by atoms with Gasteiger partial charge >= 0.3 is 0 Å². The molecule has 40 heavy (non-hydrogen) atoms. The third-order valence-corrected chi connectivity index (χ3v) is 9.40. The van der Waals surface area contributed by atoms with E-state index in [1.807, 2.05) is 0 Å². The number of aromatic amines is 1. The highest BCUT2D eigenvalue weighted by Gasteiger charge is 2.22. The standard InChI is InChI=1S/C38H74N2/c1-5-7-9-11-13-15-17-19-20-21-23-25-27-29-31-33-37(4)40-35-34-39-38(40)36(3)32-30-28-26-24-22-18-16-14-12-10-8-6-2/h34-37H,5-33H2,1-4H3/p+1. The van der Waals surface area contributed by atoms with Gasteiger partial charge < -0.3 is 0 Å². The molecule has 0 saturated heterocycles. The summed E-state index contributed by atoms with van der Waals surface area (Å²) in [4.78, 5) is 3.60. The van der Waals surface area contributed by atoms with E-state index in [2.05, 4.69) is 49.6 Å². The van der Waals surface area contributed by atoms with E-state index in [0.717, 1.165) is 0 Å². The lowest BCUT2D eigenvalue weighted by Gasteiger charge is -2.14. The number of unbranched alkanes of at least 4 members (excludes halogenated alkanes) is 25. The van der Waals surface area contributed by atoms with Gasteiger partial charge in [0.1, 0.15) is 12.4 Å². The van der Waals surface area contributed by atoms with Crippen molar-refractivity contribution in [3.05, 3.63) is 18.2 Å². The predicted octanol–water partition coefficient (Wildman–Crippen LogP) is 13.3. The molecule has 2 unspecified atom stereocenters. The number of nitrogens with zero attached hydrogens (tertiary/aromatic N) is 1. The molecule has 1 N–H and O–H groups in total. The molecular formula is C38H75N2+. The molecule has 0 spiro atoms. The summed E-state index contributed by atoms with van der Waals surface area (Å²) in [6.45, 7) is 9.47. The first-order valence-electron chi connectivity index (χ1n) is 18.8. The summed E-state index contributed by atoms with van der Waals surface area (Å²) in [6.07, 6.45) is 46.0. The summed E-state index contributed by atoms with van der Waals surface area (Å²) in [6, 6.07) is 0.618. The number of aromatic nitrogens is 2. The van der Waals surface area contributed by atoms with Crippen LogP contribution in [0.25, 0.3) is 0 Å². The Hall–Kier alpha value is -0.790. The number of rotatable bonds is 31. The number of hydrogen-bond donors (Lipinski definition) is 1. The largest absolute Gasteiger partial charge is 0.257 e. The van der Waals surface area contributed by atoms with Crippen molar-refractivity contribution in [3.8, 4) is 0 Å². The van der Waals surface area contributed by atoms with Gasteiger partial charge in [-0.2, -0.15) is 0 Å². The molecule has 0 aliphatic rings. The van der Waals surface area contributed by atoms with Gasteiger partial charge in [-0.15, -0.1) is 0 Å². The molecule has 2 heteroatoms. The smallest absolute Gasteiger partial charge is 0.247 e. The van der Waals surface area contributed by atoms with Crippen LogP contribution in [0.5, 0.6) is 0 Å². The molecule has 0 saturated carbocycles. The van der Waals surface area contributed by atoms with Crippen molar-refractivity contribution in [1.82, 2.24) is 4.98 Å². The summed E-state index contributed by atoms with van der Waals surface area (Å²) >= 11 is 0. The Labute approximate surface area is 253 Å². The summed E-state index contributed by atoms with van der Waals surface area (Å²) in [7, 11) is 0. The van der Waals surface area contributed by atoms with Gasteiger partial charge in [-0.1, -0.05) is 188 Å². The van der Waals surface area contributed by atoms with Gasteiger partial charge in [0.05, 0.1) is 12.0 Å². The summed E-state index contributed by atoms with van der Waals surface area (Å²) in [5.41, 5.74) is 0. The molecular weight excluding hydrogens is 484 g/mol. The van der Waals surface area contributed by atoms with Gasteiger partial charge in [-0.05, 0) is 26.2 Å². The number of nitrogens with one attached hydrogen (secondary N) is 1. The summed E-state index contributed by atoms with van der Waals surface area (Å²) < 4.78 is 2.55. The molecule has 0 aromatic carbocycles. The predicted molar refractivity (Wildman–Crippen MR) is 179 cm³/mol. The summed E-state index contributed by atoms with van der Waals surface area (Å²) in [5, 5.41) is 0. The Balaban J connectivity index is 1.99. The monoisotopic (exact) mass is 560 g/mol. The van der Waals surface area contributed by atoms with Crippen LogP contribution >= 0.6 is 0 Å². The van der Waals surface area contributed by atoms with Crippen LogP contribution in [0, 0.1) is 0 Å². The van der Waals surface area contributed by atoms with Crippen LogP contribution in [0.3, 0.4) is 0 Å². The maximum absolute atomic E-state index is 3.60. The van der Waals surface area contributed by atoms with Crippen LogP contribution in [0.15, 0.2) is 12.4 Å². The van der Waals surface area contributed by atoms with E-state index in [9.17, 15) is 0 Å². The van der Waals surface area contributed by atoms with Gasteiger partial charge in [-0.3, -0.25) is 0 Å². The first-order chi connectivity index (χ1) is 19.7. The second-order valence-corrected chi connectivity index (χ2v) is 13.4. The first kappa shape index (κ1) is 37.2. The Morgan fingerprint density at radius 3 is 1.18 bits per heavy atom. The van der Waals surface area contributed by atoms with Crippen molar-refractivity contribution in [2.75, 3.05) is 0 Å². The molecule has 0 fully saturated rings. The van der Waals surface area contributed by atoms with E-state index in [-0.39, 0.29) is 0 Å². The lowest BCUT2D eigenvalue weighted by molar-refractivity contribution is -0.727. The molecule has 1 rings (SSSR count). The van der Waals surface area contributed by atoms with Crippen LogP contribution in [0.2, 0.25) is 0 Å². The molecule has 1 aromatic heterocycles. The van der Waals surface area contributed by atoms with E-state index in [4.69, 9.17) is 0 Å². The lowest BCUT2D eigenvalue weighted by Crippen LogP contribution is -2.40. The van der Waals surface area contributed by atoms with Gasteiger partial charge in [0, 0.05) is 0 Å². The van der Waals surface area contributed by atoms with Gasteiger partial charge in [0.2, 0.25) is 0 Å². The van der Waals surface area contributed by atoms with Crippen LogP contribution < -0.4 is 4.57 Å². The molecule has 1 heterocycles. The highest BCUT2D eigenvalue weighted by molar-refractivity contribution is 4.87. The van der Waals surface area contributed by atoms with E-state index < -0.39 is 0 Å². The van der Waals surface area contributed by atoms with Gasteiger partial charge in [0.25, 0.3) is 5.82 Å². The number of hydrogen-bond acceptors (Lipinski definition) is 0. The fourth-order valence-corrected chi connectivity index (χ4v) is 6.52. The molecule has 0 aliphatic carbocycles. The maximum Gasteiger partial charge on any atom is 0.257 e. The molecule has 0 aliphatic heterocycles. The Morgan fingerprint density at radius 1 is 0.475 bits per heavy atom. The Kier molecular flexibility index (Phi) is 26.4. The zero-order valence-electron chi connectivity index (χ0n) is 28.3. The van der Waals surface area contributed by atoms with Crippen LogP contribution in [0.1, 0.15) is 232 Å². The number of imidazole rings is 1. The lowest BCUT2D eigenvalue weighted by atomic mass is 9.99. The third kappa shape index (κ3) is 21.0. The van der Waals surface area contributed by atoms with Crippen molar-refractivity contribution < 1.29 is 4.57 Å². The fourth-order valence-electron chi connectivity index (χ4n) is 6.52. The average molecular weight is 560 g/mol. The third-order valence-electron chi connectivity index (χ3n) is 9.40. The normalized spacial score (nSPS) is 13.2. The van der Waals surface area contributed by atoms with Crippen molar-refractivity contribution >= 4 is 0 Å². The van der Waals surface area contributed by atoms with Gasteiger partial charge in [0.15, 0.2) is 0 Å². The molecule has 0 bridgehead atoms. The van der Waals surface area contributed by atoms with Crippen molar-refractivity contribution in [3.63, 3.8) is 0 Å². The van der Waals surface area contributed by atoms with Crippen LogP contribution in [0.4, 0.5) is 0 Å². The van der Waals surface area contributed by atoms with E-state index in [0.29, 0.717) is 12.0 Å². The minimum atomic E-state index is 0.618. The second kappa shape index (κ2) is 28.3. The topological polar surface area (TPSA) is 19.7 Å². The first-order valence-corrected chi connectivity index (χ1v) is 18.8. The maximum atomic E-state index is 3.60. The Bertz CT molecular complexity index is 621. The number of H-pyrrole nitrogens is 1. The Morgan fingerprint density at radius 2 is 0.800 bits per heavy atom. The zero-order valence-corrected chi connectivity index (χ0v) is 28.3. The van der Waals surface area contributed by atoms with Gasteiger partial charge in [-0.25, -0.2) is 9.55 Å². The molecule has 0 radical (unpaired) electrons. The highest BCUT2D eigenvalue weighted by Crippen LogP contribution is 2.21. The minimum absolute atomic E-state index is 0.618. The molecule has 2 nitrogen and oxygen atoms in total. The molecule has 0 amide bonds. The molecule has 1 aromatic rings. The SMILES string of the molecule is CCCCCCCCCCCCCCCCCC(C)[n+]1cc[nH]c1C(C)CCCCCCCCCCCCCC. The van der Waals surface area contributed by atoms with E-state index in [1.165, 1.54) is 192 Å². The van der Waals surface area contributed by atoms with E-state index in [1.54, 1.807) is 0 Å². The molecule has 236 valence electrons. The second-order valence-electron chi connectivity index (χ2n) is 13.4. The summed E-state index contributed by atoms with van der Waals surface area (Å²) in [5.74, 6) is 2.10. The zero-order chi connectivity index (χ0) is 28.9.